The summed E-state index contributed by atoms with van der Waals surface area (Å²) >= 11 is 0. The second-order valence-electron chi connectivity index (χ2n) is 5.30. The standard InChI is InChI=1S/C15H22N2O.ClH/c1-11-4-5-13(12-6-8-16-9-7-12)10-14(11)15(18)17(2)3;/h4-5,10,12,16H,6-9H2,1-3H3;1H. The highest BCUT2D eigenvalue weighted by atomic mass is 35.5. The fourth-order valence-corrected chi connectivity index (χ4v) is 2.52. The number of hydrogen-bond donors (Lipinski definition) is 1. The summed E-state index contributed by atoms with van der Waals surface area (Å²) in [5.41, 5.74) is 3.22. The van der Waals surface area contributed by atoms with Crippen molar-refractivity contribution in [2.24, 2.45) is 0 Å². The number of nitrogens with one attached hydrogen (secondary N) is 1. The summed E-state index contributed by atoms with van der Waals surface area (Å²) in [5.74, 6) is 0.698. The average Bonchev–Trinajstić information content (AvgIpc) is 2.39. The molecule has 1 aliphatic rings. The molecular weight excluding hydrogens is 260 g/mol. The lowest BCUT2D eigenvalue weighted by atomic mass is 9.88. The molecule has 4 heteroatoms. The van der Waals surface area contributed by atoms with Crippen molar-refractivity contribution in [3.63, 3.8) is 0 Å². The van der Waals surface area contributed by atoms with Crippen molar-refractivity contribution in [2.75, 3.05) is 27.2 Å². The van der Waals surface area contributed by atoms with Gasteiger partial charge in [-0.05, 0) is 56.0 Å². The minimum atomic E-state index is 0. The van der Waals surface area contributed by atoms with E-state index in [2.05, 4.69) is 23.5 Å². The van der Waals surface area contributed by atoms with Gasteiger partial charge in [-0.2, -0.15) is 0 Å². The van der Waals surface area contributed by atoms with Gasteiger partial charge in [-0.25, -0.2) is 0 Å². The molecule has 0 atom stereocenters. The first-order valence-corrected chi connectivity index (χ1v) is 6.62. The molecule has 0 radical (unpaired) electrons. The lowest BCUT2D eigenvalue weighted by Crippen LogP contribution is -2.27. The zero-order valence-corrected chi connectivity index (χ0v) is 12.7. The zero-order chi connectivity index (χ0) is 13.1. The third-order valence-corrected chi connectivity index (χ3v) is 3.71. The van der Waals surface area contributed by atoms with Crippen molar-refractivity contribution in [2.45, 2.75) is 25.7 Å². The van der Waals surface area contributed by atoms with Crippen molar-refractivity contribution in [1.82, 2.24) is 10.2 Å². The third-order valence-electron chi connectivity index (χ3n) is 3.71. The minimum absolute atomic E-state index is 0. The first-order valence-electron chi connectivity index (χ1n) is 6.62. The number of carbonyl (C=O) groups is 1. The number of rotatable bonds is 2. The van der Waals surface area contributed by atoms with Crippen LogP contribution in [0.15, 0.2) is 18.2 Å². The highest BCUT2D eigenvalue weighted by molar-refractivity contribution is 5.95. The molecule has 0 aromatic heterocycles. The van der Waals surface area contributed by atoms with Gasteiger partial charge in [-0.15, -0.1) is 12.4 Å². The predicted octanol–water partition coefficient (Wildman–Crippen LogP) is 2.59. The maximum absolute atomic E-state index is 12.1. The molecule has 0 bridgehead atoms. The van der Waals surface area contributed by atoms with Crippen molar-refractivity contribution < 1.29 is 4.79 Å². The Labute approximate surface area is 121 Å². The molecule has 0 aliphatic carbocycles. The Kier molecular flexibility index (Phi) is 5.83. The van der Waals surface area contributed by atoms with Gasteiger partial charge in [-0.3, -0.25) is 4.79 Å². The number of benzene rings is 1. The summed E-state index contributed by atoms with van der Waals surface area (Å²) in [4.78, 5) is 13.8. The number of carbonyl (C=O) groups excluding carboxylic acids is 1. The molecule has 1 aliphatic heterocycles. The summed E-state index contributed by atoms with van der Waals surface area (Å²) in [5, 5.41) is 3.38. The first kappa shape index (κ1) is 16.0. The van der Waals surface area contributed by atoms with Crippen LogP contribution < -0.4 is 5.32 Å². The van der Waals surface area contributed by atoms with Crippen LogP contribution in [0, 0.1) is 6.92 Å². The van der Waals surface area contributed by atoms with E-state index in [9.17, 15) is 4.79 Å². The zero-order valence-electron chi connectivity index (χ0n) is 11.9. The summed E-state index contributed by atoms with van der Waals surface area (Å²) in [6.07, 6.45) is 2.33. The maximum atomic E-state index is 12.1. The quantitative estimate of drug-likeness (QED) is 0.904. The van der Waals surface area contributed by atoms with Gasteiger partial charge in [-0.1, -0.05) is 12.1 Å². The molecule has 0 unspecified atom stereocenters. The Balaban J connectivity index is 0.00000180. The highest BCUT2D eigenvalue weighted by Gasteiger charge is 2.18. The normalized spacial score (nSPS) is 15.7. The van der Waals surface area contributed by atoms with E-state index < -0.39 is 0 Å². The average molecular weight is 283 g/mol. The number of piperidine rings is 1. The van der Waals surface area contributed by atoms with Crippen LogP contribution in [-0.4, -0.2) is 38.0 Å². The summed E-state index contributed by atoms with van der Waals surface area (Å²) in [6.45, 7) is 4.16. The largest absolute Gasteiger partial charge is 0.345 e. The van der Waals surface area contributed by atoms with Crippen molar-refractivity contribution in [3.05, 3.63) is 34.9 Å². The summed E-state index contributed by atoms with van der Waals surface area (Å²) in [6, 6.07) is 6.35. The Bertz CT molecular complexity index is 440. The Morgan fingerprint density at radius 2 is 1.89 bits per heavy atom. The topological polar surface area (TPSA) is 32.3 Å². The molecule has 1 fully saturated rings. The van der Waals surface area contributed by atoms with Crippen molar-refractivity contribution in [3.8, 4) is 0 Å². The van der Waals surface area contributed by atoms with E-state index in [0.717, 1.165) is 24.2 Å². The van der Waals surface area contributed by atoms with Crippen LogP contribution in [0.3, 0.4) is 0 Å². The molecule has 0 spiro atoms. The summed E-state index contributed by atoms with van der Waals surface area (Å²) < 4.78 is 0. The molecule has 1 N–H and O–H groups in total. The first-order chi connectivity index (χ1) is 8.59. The lowest BCUT2D eigenvalue weighted by Gasteiger charge is -2.24. The molecule has 1 aromatic carbocycles. The van der Waals surface area contributed by atoms with E-state index in [4.69, 9.17) is 0 Å². The number of nitrogens with zero attached hydrogens (tertiary/aromatic N) is 1. The van der Waals surface area contributed by atoms with E-state index in [1.807, 2.05) is 6.92 Å². The third kappa shape index (κ3) is 3.71. The molecule has 1 aromatic rings. The molecule has 1 amide bonds. The monoisotopic (exact) mass is 282 g/mol. The van der Waals surface area contributed by atoms with Crippen molar-refractivity contribution in [1.29, 1.82) is 0 Å². The maximum Gasteiger partial charge on any atom is 0.253 e. The van der Waals surface area contributed by atoms with Crippen LogP contribution >= 0.6 is 12.4 Å². The van der Waals surface area contributed by atoms with Gasteiger partial charge < -0.3 is 10.2 Å². The number of amides is 1. The van der Waals surface area contributed by atoms with E-state index in [1.165, 1.54) is 18.4 Å². The lowest BCUT2D eigenvalue weighted by molar-refractivity contribution is 0.0827. The van der Waals surface area contributed by atoms with E-state index >= 15 is 0 Å². The molecule has 106 valence electrons. The molecule has 3 nitrogen and oxygen atoms in total. The van der Waals surface area contributed by atoms with Crippen LogP contribution in [0.2, 0.25) is 0 Å². The molecule has 0 saturated carbocycles. The predicted molar refractivity (Wildman–Crippen MR) is 81.3 cm³/mol. The smallest absolute Gasteiger partial charge is 0.253 e. The summed E-state index contributed by atoms with van der Waals surface area (Å²) in [7, 11) is 3.61. The van der Waals surface area contributed by atoms with Crippen LogP contribution in [0.25, 0.3) is 0 Å². The Hall–Kier alpha value is -1.06. The molecule has 2 rings (SSSR count). The van der Waals surface area contributed by atoms with Gasteiger partial charge in [0.1, 0.15) is 0 Å². The van der Waals surface area contributed by atoms with Gasteiger partial charge in [0, 0.05) is 19.7 Å². The molecule has 1 heterocycles. The Morgan fingerprint density at radius 1 is 1.26 bits per heavy atom. The van der Waals surface area contributed by atoms with Gasteiger partial charge in [0.05, 0.1) is 0 Å². The number of hydrogen-bond acceptors (Lipinski definition) is 2. The second-order valence-corrected chi connectivity index (χ2v) is 5.30. The van der Waals surface area contributed by atoms with Gasteiger partial charge in [0.2, 0.25) is 0 Å². The van der Waals surface area contributed by atoms with Crippen molar-refractivity contribution >= 4 is 18.3 Å². The molecule has 1 saturated heterocycles. The van der Waals surface area contributed by atoms with Gasteiger partial charge in [0.15, 0.2) is 0 Å². The van der Waals surface area contributed by atoms with Crippen LogP contribution in [0.1, 0.15) is 40.2 Å². The van der Waals surface area contributed by atoms with Crippen LogP contribution in [0.5, 0.6) is 0 Å². The molecular formula is C15H23ClN2O. The fraction of sp³-hybridized carbons (Fsp3) is 0.533. The fourth-order valence-electron chi connectivity index (χ4n) is 2.52. The SMILES string of the molecule is Cc1ccc(C2CCNCC2)cc1C(=O)N(C)C.Cl. The van der Waals surface area contributed by atoms with E-state index in [0.29, 0.717) is 5.92 Å². The number of aryl methyl sites for hydroxylation is 1. The van der Waals surface area contributed by atoms with Crippen LogP contribution in [0.4, 0.5) is 0 Å². The van der Waals surface area contributed by atoms with Crippen LogP contribution in [-0.2, 0) is 0 Å². The number of halogens is 1. The van der Waals surface area contributed by atoms with Gasteiger partial charge >= 0.3 is 0 Å². The van der Waals surface area contributed by atoms with Gasteiger partial charge in [0.25, 0.3) is 5.91 Å². The molecule has 19 heavy (non-hydrogen) atoms. The van der Waals surface area contributed by atoms with E-state index in [-0.39, 0.29) is 18.3 Å². The second kappa shape index (κ2) is 6.92. The minimum Gasteiger partial charge on any atom is -0.345 e. The van der Waals surface area contributed by atoms with E-state index in [1.54, 1.807) is 19.0 Å². The Morgan fingerprint density at radius 3 is 2.47 bits per heavy atom. The highest BCUT2D eigenvalue weighted by Crippen LogP contribution is 2.27.